The minimum Gasteiger partial charge on any atom is -0.360 e. The molecule has 0 amide bonds. The zero-order valence-corrected chi connectivity index (χ0v) is 12.7. The average molecular weight is 281 g/mol. The Morgan fingerprint density at radius 2 is 2.19 bits per heavy atom. The van der Waals surface area contributed by atoms with Gasteiger partial charge in [-0.2, -0.15) is 0 Å². The Labute approximate surface area is 125 Å². The lowest BCUT2D eigenvalue weighted by atomic mass is 9.84. The van der Waals surface area contributed by atoms with Crippen molar-refractivity contribution < 1.29 is 4.79 Å². The van der Waals surface area contributed by atoms with Crippen molar-refractivity contribution in [1.82, 2.24) is 4.98 Å². The van der Waals surface area contributed by atoms with E-state index < -0.39 is 0 Å². The fraction of sp³-hybridized carbons (Fsp3) is 0.526. The van der Waals surface area contributed by atoms with E-state index in [0.717, 1.165) is 41.1 Å². The number of carbonyl (C=O) groups is 1. The van der Waals surface area contributed by atoms with Crippen molar-refractivity contribution >= 4 is 16.7 Å². The highest BCUT2D eigenvalue weighted by Crippen LogP contribution is 2.49. The molecule has 1 heterocycles. The van der Waals surface area contributed by atoms with E-state index in [0.29, 0.717) is 11.7 Å². The van der Waals surface area contributed by atoms with Crippen molar-refractivity contribution in [3.8, 4) is 0 Å². The number of hydrogen-bond donors (Lipinski definition) is 1. The molecule has 2 bridgehead atoms. The SMILES string of the molecule is CCc1cccc2c(C(=O)CC3CC4CCC3C4)c[nH]c12. The normalized spacial score (nSPS) is 27.6. The molecule has 3 unspecified atom stereocenters. The van der Waals surface area contributed by atoms with Gasteiger partial charge in [-0.05, 0) is 49.0 Å². The summed E-state index contributed by atoms with van der Waals surface area (Å²) < 4.78 is 0. The number of aryl methyl sites for hydroxylation is 1. The van der Waals surface area contributed by atoms with E-state index in [1.54, 1.807) is 0 Å². The Hall–Kier alpha value is -1.57. The van der Waals surface area contributed by atoms with E-state index >= 15 is 0 Å². The Kier molecular flexibility index (Phi) is 3.13. The molecule has 2 aromatic rings. The maximum absolute atomic E-state index is 12.7. The Balaban J connectivity index is 1.60. The molecule has 0 radical (unpaired) electrons. The van der Waals surface area contributed by atoms with Crippen molar-refractivity contribution in [1.29, 1.82) is 0 Å². The maximum atomic E-state index is 12.7. The standard InChI is InChI=1S/C19H23NO/c1-2-13-4-3-5-16-17(11-20-19(13)16)18(21)10-15-9-12-6-7-14(15)8-12/h3-5,11-12,14-15,20H,2,6-10H2,1H3. The van der Waals surface area contributed by atoms with Crippen LogP contribution in [0.1, 0.15) is 54.9 Å². The number of aromatic nitrogens is 1. The molecule has 0 aliphatic heterocycles. The van der Waals surface area contributed by atoms with Gasteiger partial charge in [0.15, 0.2) is 5.78 Å². The maximum Gasteiger partial charge on any atom is 0.165 e. The number of hydrogen-bond acceptors (Lipinski definition) is 1. The van der Waals surface area contributed by atoms with Gasteiger partial charge >= 0.3 is 0 Å². The minimum atomic E-state index is 0.340. The zero-order valence-electron chi connectivity index (χ0n) is 12.7. The van der Waals surface area contributed by atoms with Crippen LogP contribution in [0, 0.1) is 17.8 Å². The Morgan fingerprint density at radius 3 is 2.90 bits per heavy atom. The van der Waals surface area contributed by atoms with Crippen molar-refractivity contribution in [2.24, 2.45) is 17.8 Å². The summed E-state index contributed by atoms with van der Waals surface area (Å²) in [5.74, 6) is 2.74. The van der Waals surface area contributed by atoms with Crippen molar-refractivity contribution in [2.75, 3.05) is 0 Å². The van der Waals surface area contributed by atoms with Gasteiger partial charge in [0.25, 0.3) is 0 Å². The second kappa shape index (κ2) is 5.01. The molecule has 1 aromatic carbocycles. The molecule has 21 heavy (non-hydrogen) atoms. The van der Waals surface area contributed by atoms with E-state index in [-0.39, 0.29) is 0 Å². The highest BCUT2D eigenvalue weighted by atomic mass is 16.1. The first kappa shape index (κ1) is 13.1. The highest BCUT2D eigenvalue weighted by Gasteiger charge is 2.40. The van der Waals surface area contributed by atoms with Crippen LogP contribution in [0.4, 0.5) is 0 Å². The monoisotopic (exact) mass is 281 g/mol. The molecule has 2 aliphatic carbocycles. The molecule has 4 rings (SSSR count). The number of ketones is 1. The topological polar surface area (TPSA) is 32.9 Å². The third-order valence-electron chi connectivity index (χ3n) is 5.82. The minimum absolute atomic E-state index is 0.340. The average Bonchev–Trinajstić information content (AvgIpc) is 3.20. The van der Waals surface area contributed by atoms with Gasteiger partial charge in [0.1, 0.15) is 0 Å². The van der Waals surface area contributed by atoms with Gasteiger partial charge < -0.3 is 4.98 Å². The van der Waals surface area contributed by atoms with Gasteiger partial charge in [-0.15, -0.1) is 0 Å². The summed E-state index contributed by atoms with van der Waals surface area (Å²) in [7, 11) is 0. The largest absolute Gasteiger partial charge is 0.360 e. The molecule has 1 N–H and O–H groups in total. The third-order valence-corrected chi connectivity index (χ3v) is 5.82. The van der Waals surface area contributed by atoms with Gasteiger partial charge in [0.05, 0.1) is 0 Å². The van der Waals surface area contributed by atoms with Crippen molar-refractivity contribution in [3.63, 3.8) is 0 Å². The summed E-state index contributed by atoms with van der Waals surface area (Å²) in [5, 5.41) is 1.11. The van der Waals surface area contributed by atoms with Crippen LogP contribution in [-0.4, -0.2) is 10.8 Å². The van der Waals surface area contributed by atoms with Gasteiger partial charge in [-0.1, -0.05) is 31.5 Å². The first-order valence-corrected chi connectivity index (χ1v) is 8.38. The molecule has 2 heteroatoms. The Bertz CT molecular complexity index is 684. The fourth-order valence-corrected chi connectivity index (χ4v) is 4.72. The van der Waals surface area contributed by atoms with E-state index in [1.165, 1.54) is 31.2 Å². The quantitative estimate of drug-likeness (QED) is 0.807. The van der Waals surface area contributed by atoms with E-state index in [2.05, 4.69) is 30.1 Å². The third kappa shape index (κ3) is 2.12. The summed E-state index contributed by atoms with van der Waals surface area (Å²) in [6.45, 7) is 2.16. The first-order chi connectivity index (χ1) is 10.3. The molecule has 3 atom stereocenters. The van der Waals surface area contributed by atoms with Crippen molar-refractivity contribution in [3.05, 3.63) is 35.5 Å². The number of H-pyrrole nitrogens is 1. The van der Waals surface area contributed by atoms with Crippen molar-refractivity contribution in [2.45, 2.75) is 45.4 Å². The van der Waals surface area contributed by atoms with Crippen LogP contribution < -0.4 is 0 Å². The number of Topliss-reactive ketones (excluding diaryl/α,β-unsaturated/α-hetero) is 1. The van der Waals surface area contributed by atoms with Crippen LogP contribution in [0.15, 0.2) is 24.4 Å². The lowest BCUT2D eigenvalue weighted by Crippen LogP contribution is -2.15. The second-order valence-electron chi connectivity index (χ2n) is 6.96. The zero-order chi connectivity index (χ0) is 14.4. The smallest absolute Gasteiger partial charge is 0.165 e. The van der Waals surface area contributed by atoms with Gasteiger partial charge in [-0.25, -0.2) is 0 Å². The predicted molar refractivity (Wildman–Crippen MR) is 85.6 cm³/mol. The fourth-order valence-electron chi connectivity index (χ4n) is 4.72. The number of rotatable bonds is 4. The number of benzene rings is 1. The van der Waals surface area contributed by atoms with E-state index in [1.807, 2.05) is 6.20 Å². The van der Waals surface area contributed by atoms with E-state index in [9.17, 15) is 4.79 Å². The van der Waals surface area contributed by atoms with Crippen LogP contribution in [0.5, 0.6) is 0 Å². The highest BCUT2D eigenvalue weighted by molar-refractivity contribution is 6.08. The molecule has 1 aromatic heterocycles. The molecule has 2 nitrogen and oxygen atoms in total. The van der Waals surface area contributed by atoms with Crippen LogP contribution in [0.2, 0.25) is 0 Å². The van der Waals surface area contributed by atoms with Gasteiger partial charge in [-0.3, -0.25) is 4.79 Å². The van der Waals surface area contributed by atoms with Gasteiger partial charge in [0, 0.05) is 29.1 Å². The summed E-state index contributed by atoms with van der Waals surface area (Å²) >= 11 is 0. The second-order valence-corrected chi connectivity index (χ2v) is 6.96. The number of para-hydroxylation sites is 1. The molecule has 110 valence electrons. The summed E-state index contributed by atoms with van der Waals surface area (Å²) in [6.07, 6.45) is 9.12. The van der Waals surface area contributed by atoms with Crippen LogP contribution >= 0.6 is 0 Å². The molecular formula is C19H23NO. The molecule has 0 spiro atoms. The Morgan fingerprint density at radius 1 is 1.29 bits per heavy atom. The molecule has 2 aliphatic rings. The summed E-state index contributed by atoms with van der Waals surface area (Å²) in [6, 6.07) is 6.30. The molecule has 2 fully saturated rings. The summed E-state index contributed by atoms with van der Waals surface area (Å²) in [4.78, 5) is 16.1. The van der Waals surface area contributed by atoms with E-state index in [4.69, 9.17) is 0 Å². The first-order valence-electron chi connectivity index (χ1n) is 8.38. The number of carbonyl (C=O) groups excluding carboxylic acids is 1. The van der Waals surface area contributed by atoms with Gasteiger partial charge in [0.2, 0.25) is 0 Å². The molecule has 0 saturated heterocycles. The van der Waals surface area contributed by atoms with Crippen LogP contribution in [0.25, 0.3) is 10.9 Å². The molecule has 2 saturated carbocycles. The van der Waals surface area contributed by atoms with Crippen LogP contribution in [0.3, 0.4) is 0 Å². The lowest BCUT2D eigenvalue weighted by molar-refractivity contribution is 0.0946. The lowest BCUT2D eigenvalue weighted by Gasteiger charge is -2.20. The molecular weight excluding hydrogens is 258 g/mol. The summed E-state index contributed by atoms with van der Waals surface area (Å²) in [5.41, 5.74) is 3.35. The predicted octanol–water partition coefficient (Wildman–Crippen LogP) is 4.74. The van der Waals surface area contributed by atoms with Crippen LogP contribution in [-0.2, 0) is 6.42 Å². The number of fused-ring (bicyclic) bond motifs is 3. The number of nitrogens with one attached hydrogen (secondary N) is 1. The number of aromatic amines is 1.